The number of fused-ring (bicyclic) bond motifs is 6. The van der Waals surface area contributed by atoms with Crippen LogP contribution in [0.25, 0.3) is 33.4 Å². The summed E-state index contributed by atoms with van der Waals surface area (Å²) in [5, 5.41) is 5.00. The monoisotopic (exact) mass is 688 g/mol. The molecule has 1 saturated heterocycles. The smallest absolute Gasteiger partial charge is 0.407 e. The molecule has 8 rings (SSSR count). The van der Waals surface area contributed by atoms with Gasteiger partial charge in [-0.3, -0.25) is 9.36 Å². The number of benzene rings is 2. The molecule has 0 spiro atoms. The Hall–Kier alpha value is -4.42. The van der Waals surface area contributed by atoms with Gasteiger partial charge in [0.15, 0.2) is 5.01 Å². The van der Waals surface area contributed by atoms with E-state index in [1.807, 2.05) is 48.7 Å². The Morgan fingerprint density at radius 2 is 2.04 bits per heavy atom. The topological polar surface area (TPSA) is 114 Å². The fourth-order valence-electron chi connectivity index (χ4n) is 7.23. The molecule has 248 valence electrons. The Balaban J connectivity index is 1.15. The van der Waals surface area contributed by atoms with Gasteiger partial charge in [0.1, 0.15) is 23.4 Å². The zero-order valence-corrected chi connectivity index (χ0v) is 28.3. The average molecular weight is 689 g/mol. The molecule has 5 aromatic rings. The number of ether oxygens (including phenoxy) is 2. The summed E-state index contributed by atoms with van der Waals surface area (Å²) < 4.78 is 29.7. The normalized spacial score (nSPS) is 18.8. The molecular weight excluding hydrogens is 655 g/mol. The summed E-state index contributed by atoms with van der Waals surface area (Å²) in [6.45, 7) is 4.29. The van der Waals surface area contributed by atoms with Gasteiger partial charge in [0.25, 0.3) is 0 Å². The summed E-state index contributed by atoms with van der Waals surface area (Å²) in [6.07, 6.45) is 5.00. The zero-order valence-electron chi connectivity index (χ0n) is 26.7. The number of aryl methyl sites for hydroxylation is 2. The summed E-state index contributed by atoms with van der Waals surface area (Å²) in [4.78, 5) is 41.6. The molecule has 1 aliphatic carbocycles. The highest BCUT2D eigenvalue weighted by Crippen LogP contribution is 2.48. The van der Waals surface area contributed by atoms with Crippen LogP contribution in [0, 0.1) is 11.7 Å². The van der Waals surface area contributed by atoms with Gasteiger partial charge >= 0.3 is 6.09 Å². The maximum Gasteiger partial charge on any atom is 0.407 e. The first kappa shape index (κ1) is 30.9. The van der Waals surface area contributed by atoms with E-state index >= 15 is 4.39 Å². The molecule has 0 saturated carbocycles. The molecule has 0 radical (unpaired) electrons. The number of nitrogens with zero attached hydrogens (tertiary/aromatic N) is 4. The third-order valence-electron chi connectivity index (χ3n) is 9.56. The fourth-order valence-corrected chi connectivity index (χ4v) is 8.58. The van der Waals surface area contributed by atoms with E-state index in [0.29, 0.717) is 52.1 Å². The van der Waals surface area contributed by atoms with E-state index in [0.717, 1.165) is 47.3 Å². The van der Waals surface area contributed by atoms with Crippen LogP contribution < -0.4 is 10.1 Å². The van der Waals surface area contributed by atoms with Crippen LogP contribution in [-0.4, -0.2) is 56.1 Å². The molecule has 1 fully saturated rings. The van der Waals surface area contributed by atoms with Crippen LogP contribution in [0.4, 0.5) is 9.18 Å². The minimum Gasteiger partial charge on any atom is -0.462 e. The van der Waals surface area contributed by atoms with E-state index in [1.165, 1.54) is 18.1 Å². The highest BCUT2D eigenvalue weighted by Gasteiger charge is 2.38. The number of H-pyrrole nitrogens is 1. The summed E-state index contributed by atoms with van der Waals surface area (Å²) in [7, 11) is 1.27. The summed E-state index contributed by atoms with van der Waals surface area (Å²) in [5.41, 5.74) is 4.25. The summed E-state index contributed by atoms with van der Waals surface area (Å²) in [6, 6.07) is 9.88. The lowest BCUT2D eigenvalue weighted by Gasteiger charge is -2.30. The van der Waals surface area contributed by atoms with Crippen molar-refractivity contribution in [3.05, 3.63) is 74.8 Å². The average Bonchev–Trinajstić information content (AvgIpc) is 3.89. The second-order valence-corrected chi connectivity index (χ2v) is 14.5. The predicted molar refractivity (Wildman–Crippen MR) is 181 cm³/mol. The Labute approximate surface area is 285 Å². The molecule has 3 aromatic heterocycles. The van der Waals surface area contributed by atoms with Crippen molar-refractivity contribution in [2.75, 3.05) is 13.7 Å². The van der Waals surface area contributed by atoms with E-state index < -0.39 is 24.2 Å². The standard InChI is InChI=1S/C35H34ClFN6O4S/c1-17(2)30(41-35(45)46-3)33(44)42-11-5-7-25(42)31-38-16-23(39-31)18-13-21(37)29-26-14-19-12-20(36)9-10-24(19)43(26)34(47-27(29)15-18)32-40-22-6-4-8-28(22)48-32/h9-10,12-17,25,30,34H,4-8,11H2,1-3H3,(H,38,39)(H,41,45). The van der Waals surface area contributed by atoms with Crippen LogP contribution in [0.3, 0.4) is 0 Å². The van der Waals surface area contributed by atoms with E-state index in [2.05, 4.69) is 15.3 Å². The number of hydrogen-bond donors (Lipinski definition) is 2. The van der Waals surface area contributed by atoms with Crippen LogP contribution in [0.2, 0.25) is 5.02 Å². The highest BCUT2D eigenvalue weighted by atomic mass is 35.5. The number of aromatic amines is 1. The molecule has 3 atom stereocenters. The number of nitrogens with one attached hydrogen (secondary N) is 2. The van der Waals surface area contributed by atoms with Crippen LogP contribution in [0.15, 0.2) is 42.6 Å². The number of likely N-dealkylation sites (tertiary alicyclic amines) is 1. The number of alkyl carbamates (subject to hydrolysis) is 1. The van der Waals surface area contributed by atoms with Gasteiger partial charge in [0.2, 0.25) is 12.1 Å². The number of carbonyl (C=O) groups excluding carboxylic acids is 2. The maximum atomic E-state index is 16.3. The summed E-state index contributed by atoms with van der Waals surface area (Å²) >= 11 is 8.02. The quantitative estimate of drug-likeness (QED) is 0.192. The van der Waals surface area contributed by atoms with Crippen LogP contribution in [0.5, 0.6) is 5.75 Å². The maximum absolute atomic E-state index is 16.3. The van der Waals surface area contributed by atoms with Crippen molar-refractivity contribution in [1.82, 2.24) is 29.7 Å². The minimum atomic E-state index is -0.738. The predicted octanol–water partition coefficient (Wildman–Crippen LogP) is 7.42. The molecule has 13 heteroatoms. The molecule has 5 heterocycles. The van der Waals surface area contributed by atoms with Gasteiger partial charge in [-0.15, -0.1) is 11.3 Å². The molecule has 2 N–H and O–H groups in total. The number of carbonyl (C=O) groups is 2. The molecule has 2 aromatic carbocycles. The van der Waals surface area contributed by atoms with Crippen molar-refractivity contribution in [2.24, 2.45) is 5.92 Å². The number of amides is 2. The number of thiazole rings is 1. The van der Waals surface area contributed by atoms with Gasteiger partial charge in [0, 0.05) is 27.4 Å². The number of aromatic nitrogens is 4. The Morgan fingerprint density at radius 3 is 2.83 bits per heavy atom. The van der Waals surface area contributed by atoms with Gasteiger partial charge in [-0.25, -0.2) is 19.2 Å². The first-order chi connectivity index (χ1) is 23.2. The first-order valence-corrected chi connectivity index (χ1v) is 17.4. The molecule has 10 nitrogen and oxygen atoms in total. The molecular formula is C35H34ClFN6O4S. The minimum absolute atomic E-state index is 0.145. The van der Waals surface area contributed by atoms with Crippen LogP contribution in [0.1, 0.15) is 66.8 Å². The molecule has 48 heavy (non-hydrogen) atoms. The first-order valence-electron chi connectivity index (χ1n) is 16.2. The third kappa shape index (κ3) is 5.13. The van der Waals surface area contributed by atoms with Crippen molar-refractivity contribution in [3.8, 4) is 28.3 Å². The van der Waals surface area contributed by atoms with E-state index in [4.69, 9.17) is 26.1 Å². The lowest BCUT2D eigenvalue weighted by atomic mass is 10.0. The fraction of sp³-hybridized carbons (Fsp3) is 0.371. The highest BCUT2D eigenvalue weighted by molar-refractivity contribution is 7.11. The van der Waals surface area contributed by atoms with Crippen molar-refractivity contribution >= 4 is 45.8 Å². The van der Waals surface area contributed by atoms with Crippen molar-refractivity contribution in [2.45, 2.75) is 64.3 Å². The van der Waals surface area contributed by atoms with Crippen molar-refractivity contribution in [3.63, 3.8) is 0 Å². The number of imidazole rings is 1. The Kier molecular flexibility index (Phi) is 7.67. The van der Waals surface area contributed by atoms with Gasteiger partial charge in [-0.05, 0) is 74.4 Å². The van der Waals surface area contributed by atoms with Crippen molar-refractivity contribution < 1.29 is 23.5 Å². The van der Waals surface area contributed by atoms with E-state index in [9.17, 15) is 9.59 Å². The number of hydrogen-bond acceptors (Lipinski definition) is 7. The molecule has 0 bridgehead atoms. The number of rotatable bonds is 6. The zero-order chi connectivity index (χ0) is 33.3. The van der Waals surface area contributed by atoms with Crippen LogP contribution in [-0.2, 0) is 22.4 Å². The Bertz CT molecular complexity index is 2070. The molecule has 3 unspecified atom stereocenters. The van der Waals surface area contributed by atoms with Gasteiger partial charge < -0.3 is 24.7 Å². The van der Waals surface area contributed by atoms with Gasteiger partial charge in [-0.1, -0.05) is 25.4 Å². The lowest BCUT2D eigenvalue weighted by Crippen LogP contribution is -2.51. The number of halogens is 2. The van der Waals surface area contributed by atoms with E-state index in [1.54, 1.807) is 22.4 Å². The van der Waals surface area contributed by atoms with Crippen molar-refractivity contribution in [1.29, 1.82) is 0 Å². The molecule has 2 amide bonds. The SMILES string of the molecule is COC(=O)NC(C(=O)N1CCCC1c1ncc(-c2cc(F)c3c(c2)OC(c2nc4c(s2)CCC4)n2c-3cc3cc(Cl)ccc32)[nH]1)C(C)C. The largest absolute Gasteiger partial charge is 0.462 e. The van der Waals surface area contributed by atoms with Gasteiger partial charge in [-0.2, -0.15) is 0 Å². The second kappa shape index (κ2) is 11.9. The molecule has 2 aliphatic heterocycles. The lowest BCUT2D eigenvalue weighted by molar-refractivity contribution is -0.135. The second-order valence-electron chi connectivity index (χ2n) is 12.9. The number of methoxy groups -OCH3 is 1. The Morgan fingerprint density at radius 1 is 1.19 bits per heavy atom. The van der Waals surface area contributed by atoms with E-state index in [-0.39, 0.29) is 17.9 Å². The summed E-state index contributed by atoms with van der Waals surface area (Å²) in [5.74, 6) is 0.241. The van der Waals surface area contributed by atoms with Crippen LogP contribution >= 0.6 is 22.9 Å². The third-order valence-corrected chi connectivity index (χ3v) is 11.0. The molecule has 3 aliphatic rings. The van der Waals surface area contributed by atoms with Gasteiger partial charge in [0.05, 0.1) is 47.5 Å².